The first-order chi connectivity index (χ1) is 8.21. The van der Waals surface area contributed by atoms with E-state index in [9.17, 15) is 18.0 Å². The number of benzene rings is 1. The van der Waals surface area contributed by atoms with Crippen molar-refractivity contribution >= 4 is 17.5 Å². The Morgan fingerprint density at radius 1 is 1.50 bits per heavy atom. The van der Waals surface area contributed by atoms with E-state index in [0.717, 1.165) is 5.56 Å². The largest absolute Gasteiger partial charge is 0.416 e. The molecule has 100 valence electrons. The third-order valence-electron chi connectivity index (χ3n) is 2.27. The second kappa shape index (κ2) is 5.58. The van der Waals surface area contributed by atoms with Gasteiger partial charge in [0.05, 0.1) is 6.54 Å². The minimum absolute atomic E-state index is 0.139. The van der Waals surface area contributed by atoms with E-state index in [-0.39, 0.29) is 5.56 Å². The fourth-order valence-electron chi connectivity index (χ4n) is 1.14. The molecule has 0 aliphatic rings. The number of carbonyl (C=O) groups is 1. The highest BCUT2D eigenvalue weighted by atomic mass is 35.5. The van der Waals surface area contributed by atoms with Crippen LogP contribution in [0.4, 0.5) is 13.2 Å². The van der Waals surface area contributed by atoms with Gasteiger partial charge in [-0.05, 0) is 24.6 Å². The van der Waals surface area contributed by atoms with Gasteiger partial charge in [-0.15, -0.1) is 0 Å². The fourth-order valence-corrected chi connectivity index (χ4v) is 1.32. The van der Waals surface area contributed by atoms with Crippen molar-refractivity contribution in [3.8, 4) is 0 Å². The van der Waals surface area contributed by atoms with Gasteiger partial charge < -0.3 is 10.4 Å². The maximum atomic E-state index is 12.0. The second-order valence-electron chi connectivity index (χ2n) is 3.73. The van der Waals surface area contributed by atoms with Crippen LogP contribution in [0, 0.1) is 6.92 Å². The van der Waals surface area contributed by atoms with Crippen LogP contribution in [-0.4, -0.2) is 29.8 Å². The van der Waals surface area contributed by atoms with Gasteiger partial charge in [0, 0.05) is 10.6 Å². The summed E-state index contributed by atoms with van der Waals surface area (Å²) in [6.07, 6.45) is -7.33. The van der Waals surface area contributed by atoms with Crippen molar-refractivity contribution in [3.63, 3.8) is 0 Å². The summed E-state index contributed by atoms with van der Waals surface area (Å²) in [4.78, 5) is 11.5. The molecule has 0 aliphatic heterocycles. The molecule has 0 spiro atoms. The van der Waals surface area contributed by atoms with Crippen molar-refractivity contribution in [1.82, 2.24) is 5.32 Å². The number of amides is 1. The molecule has 1 atom stereocenters. The third-order valence-corrected chi connectivity index (χ3v) is 2.68. The van der Waals surface area contributed by atoms with Crippen molar-refractivity contribution in [2.24, 2.45) is 0 Å². The number of hydrogen-bond donors (Lipinski definition) is 2. The molecule has 0 bridgehead atoms. The van der Waals surface area contributed by atoms with E-state index in [2.05, 4.69) is 0 Å². The summed E-state index contributed by atoms with van der Waals surface area (Å²) in [5, 5.41) is 11.0. The van der Waals surface area contributed by atoms with E-state index in [4.69, 9.17) is 16.7 Å². The van der Waals surface area contributed by atoms with Gasteiger partial charge in [-0.3, -0.25) is 4.79 Å². The van der Waals surface area contributed by atoms with Gasteiger partial charge >= 0.3 is 6.18 Å². The molecular formula is C11H11ClF3NO2. The van der Waals surface area contributed by atoms with Crippen LogP contribution in [0.2, 0.25) is 5.02 Å². The third kappa shape index (κ3) is 3.89. The smallest absolute Gasteiger partial charge is 0.382 e. The summed E-state index contributed by atoms with van der Waals surface area (Å²) < 4.78 is 36.0. The highest BCUT2D eigenvalue weighted by Crippen LogP contribution is 2.20. The van der Waals surface area contributed by atoms with Gasteiger partial charge in [-0.1, -0.05) is 17.7 Å². The first-order valence-corrected chi connectivity index (χ1v) is 5.38. The zero-order chi connectivity index (χ0) is 13.9. The lowest BCUT2D eigenvalue weighted by molar-refractivity contribution is -0.201. The van der Waals surface area contributed by atoms with E-state index in [1.54, 1.807) is 13.0 Å². The molecule has 0 aromatic heterocycles. The molecule has 18 heavy (non-hydrogen) atoms. The van der Waals surface area contributed by atoms with Gasteiger partial charge in [0.2, 0.25) is 0 Å². The van der Waals surface area contributed by atoms with Gasteiger partial charge in [-0.25, -0.2) is 0 Å². The van der Waals surface area contributed by atoms with Crippen LogP contribution in [0.25, 0.3) is 0 Å². The minimum atomic E-state index is -4.75. The maximum absolute atomic E-state index is 12.0. The molecule has 0 heterocycles. The van der Waals surface area contributed by atoms with Crippen molar-refractivity contribution in [1.29, 1.82) is 0 Å². The molecule has 0 fully saturated rings. The first kappa shape index (κ1) is 14.8. The number of aryl methyl sites for hydroxylation is 1. The standard InChI is InChI=1S/C11H11ClF3NO2/c1-6-2-3-7(4-8(6)12)10(18)16-5-9(17)11(13,14)15/h2-4,9,17H,5H2,1H3,(H,16,18). The summed E-state index contributed by atoms with van der Waals surface area (Å²) in [6, 6.07) is 4.38. The molecule has 3 nitrogen and oxygen atoms in total. The lowest BCUT2D eigenvalue weighted by Crippen LogP contribution is -2.40. The number of nitrogens with one attached hydrogen (secondary N) is 1. The SMILES string of the molecule is Cc1ccc(C(=O)NCC(O)C(F)(F)F)cc1Cl. The fraction of sp³-hybridized carbons (Fsp3) is 0.364. The Bertz CT molecular complexity index is 448. The summed E-state index contributed by atoms with van der Waals surface area (Å²) in [7, 11) is 0. The molecule has 0 saturated carbocycles. The predicted octanol–water partition coefficient (Wildman–Crippen LogP) is 2.30. The number of aliphatic hydroxyl groups excluding tert-OH is 1. The molecule has 1 aromatic rings. The zero-order valence-corrected chi connectivity index (χ0v) is 10.1. The van der Waals surface area contributed by atoms with Gasteiger partial charge in [0.1, 0.15) is 0 Å². The Hall–Kier alpha value is -1.27. The number of hydrogen-bond acceptors (Lipinski definition) is 2. The van der Waals surface area contributed by atoms with E-state index in [1.165, 1.54) is 12.1 Å². The van der Waals surface area contributed by atoms with Crippen molar-refractivity contribution in [2.45, 2.75) is 19.2 Å². The normalized spacial score (nSPS) is 13.2. The predicted molar refractivity (Wildman–Crippen MR) is 60.6 cm³/mol. The molecular weight excluding hydrogens is 271 g/mol. The minimum Gasteiger partial charge on any atom is -0.382 e. The molecule has 1 rings (SSSR count). The number of rotatable bonds is 3. The molecule has 0 saturated heterocycles. The van der Waals surface area contributed by atoms with Crippen LogP contribution in [0.15, 0.2) is 18.2 Å². The van der Waals surface area contributed by atoms with Crippen LogP contribution in [0.5, 0.6) is 0 Å². The monoisotopic (exact) mass is 281 g/mol. The van der Waals surface area contributed by atoms with Gasteiger partial charge in [0.25, 0.3) is 5.91 Å². The summed E-state index contributed by atoms with van der Waals surface area (Å²) in [6.45, 7) is 0.839. The number of halogens is 4. The molecule has 0 aliphatic carbocycles. The highest BCUT2D eigenvalue weighted by molar-refractivity contribution is 6.31. The Balaban J connectivity index is 2.63. The van der Waals surface area contributed by atoms with Crippen LogP contribution >= 0.6 is 11.6 Å². The molecule has 1 unspecified atom stereocenters. The summed E-state index contributed by atoms with van der Waals surface area (Å²) in [5.41, 5.74) is 0.892. The number of aliphatic hydroxyl groups is 1. The van der Waals surface area contributed by atoms with E-state index < -0.39 is 24.7 Å². The molecule has 0 radical (unpaired) electrons. The average Bonchev–Trinajstić information content (AvgIpc) is 2.27. The second-order valence-corrected chi connectivity index (χ2v) is 4.14. The Kier molecular flexibility index (Phi) is 4.59. The van der Waals surface area contributed by atoms with Crippen LogP contribution in [0.3, 0.4) is 0 Å². The van der Waals surface area contributed by atoms with Crippen molar-refractivity contribution in [2.75, 3.05) is 6.54 Å². The summed E-state index contributed by atoms with van der Waals surface area (Å²) >= 11 is 5.78. The lowest BCUT2D eigenvalue weighted by Gasteiger charge is -2.15. The molecule has 7 heteroatoms. The average molecular weight is 282 g/mol. The van der Waals surface area contributed by atoms with Crippen molar-refractivity contribution in [3.05, 3.63) is 34.3 Å². The number of carbonyl (C=O) groups excluding carboxylic acids is 1. The first-order valence-electron chi connectivity index (χ1n) is 5.01. The molecule has 1 amide bonds. The van der Waals surface area contributed by atoms with E-state index in [1.807, 2.05) is 5.32 Å². The van der Waals surface area contributed by atoms with Crippen LogP contribution < -0.4 is 5.32 Å². The Morgan fingerprint density at radius 3 is 2.61 bits per heavy atom. The van der Waals surface area contributed by atoms with Gasteiger partial charge in [-0.2, -0.15) is 13.2 Å². The highest BCUT2D eigenvalue weighted by Gasteiger charge is 2.38. The van der Waals surface area contributed by atoms with Crippen LogP contribution in [-0.2, 0) is 0 Å². The van der Waals surface area contributed by atoms with Crippen LogP contribution in [0.1, 0.15) is 15.9 Å². The van der Waals surface area contributed by atoms with E-state index >= 15 is 0 Å². The lowest BCUT2D eigenvalue weighted by atomic mass is 10.1. The van der Waals surface area contributed by atoms with E-state index in [0.29, 0.717) is 5.02 Å². The Morgan fingerprint density at radius 2 is 2.11 bits per heavy atom. The van der Waals surface area contributed by atoms with Crippen molar-refractivity contribution < 1.29 is 23.1 Å². The molecule has 2 N–H and O–H groups in total. The zero-order valence-electron chi connectivity index (χ0n) is 9.38. The number of alkyl halides is 3. The molecule has 1 aromatic carbocycles. The quantitative estimate of drug-likeness (QED) is 0.893. The Labute approximate surface area is 107 Å². The topological polar surface area (TPSA) is 49.3 Å². The maximum Gasteiger partial charge on any atom is 0.416 e. The van der Waals surface area contributed by atoms with Gasteiger partial charge in [0.15, 0.2) is 6.10 Å². The summed E-state index contributed by atoms with van der Waals surface area (Å²) in [5.74, 6) is -0.722.